The minimum atomic E-state index is -0.145. The summed E-state index contributed by atoms with van der Waals surface area (Å²) < 4.78 is 4.83. The number of hydrogen-bond donors (Lipinski definition) is 1. The Balaban J connectivity index is 1.59. The molecule has 1 saturated heterocycles. The van der Waals surface area contributed by atoms with E-state index in [2.05, 4.69) is 21.7 Å². The number of esters is 1. The van der Waals surface area contributed by atoms with Crippen LogP contribution in [0.2, 0.25) is 0 Å². The Morgan fingerprint density at radius 1 is 1.55 bits per heavy atom. The van der Waals surface area contributed by atoms with Crippen LogP contribution in [0.25, 0.3) is 0 Å². The van der Waals surface area contributed by atoms with Crippen LogP contribution in [-0.4, -0.2) is 43.2 Å². The molecule has 0 bridgehead atoms. The predicted molar refractivity (Wildman–Crippen MR) is 79.8 cm³/mol. The van der Waals surface area contributed by atoms with Gasteiger partial charge in [-0.15, -0.1) is 11.3 Å². The Morgan fingerprint density at radius 2 is 2.40 bits per heavy atom. The molecule has 0 spiro atoms. The third-order valence-electron chi connectivity index (χ3n) is 4.20. The zero-order valence-corrected chi connectivity index (χ0v) is 12.7. The Bertz CT molecular complexity index is 445. The SMILES string of the molecule is COC(=O)CC(NC1CCN(C2CC2)C1)c1cccs1. The minimum absolute atomic E-state index is 0.0894. The highest BCUT2D eigenvalue weighted by molar-refractivity contribution is 7.10. The topological polar surface area (TPSA) is 41.6 Å². The zero-order valence-electron chi connectivity index (χ0n) is 11.9. The second-order valence-electron chi connectivity index (χ2n) is 5.73. The molecule has 1 N–H and O–H groups in total. The first kappa shape index (κ1) is 14.0. The molecule has 1 aliphatic heterocycles. The van der Waals surface area contributed by atoms with Gasteiger partial charge in [0.1, 0.15) is 0 Å². The van der Waals surface area contributed by atoms with Crippen LogP contribution in [0.15, 0.2) is 17.5 Å². The maximum absolute atomic E-state index is 11.6. The van der Waals surface area contributed by atoms with Crippen LogP contribution in [0.1, 0.15) is 36.6 Å². The number of carbonyl (C=O) groups excluding carboxylic acids is 1. The third-order valence-corrected chi connectivity index (χ3v) is 5.19. The summed E-state index contributed by atoms with van der Waals surface area (Å²) in [6, 6.07) is 5.55. The molecule has 2 aliphatic rings. The Kier molecular flexibility index (Phi) is 4.38. The summed E-state index contributed by atoms with van der Waals surface area (Å²) in [5.41, 5.74) is 0. The molecule has 1 saturated carbocycles. The number of carbonyl (C=O) groups is 1. The fourth-order valence-corrected chi connectivity index (χ4v) is 3.75. The molecule has 2 fully saturated rings. The van der Waals surface area contributed by atoms with Crippen LogP contribution >= 0.6 is 11.3 Å². The lowest BCUT2D eigenvalue weighted by Crippen LogP contribution is -2.36. The fourth-order valence-electron chi connectivity index (χ4n) is 2.96. The number of ether oxygens (including phenoxy) is 1. The molecule has 3 rings (SSSR count). The van der Waals surface area contributed by atoms with Gasteiger partial charge in [-0.05, 0) is 30.7 Å². The van der Waals surface area contributed by atoms with Crippen LogP contribution in [0, 0.1) is 0 Å². The standard InChI is InChI=1S/C15H22N2O2S/c1-19-15(18)9-13(14-3-2-8-20-14)16-11-6-7-17(10-11)12-4-5-12/h2-3,8,11-13,16H,4-7,9-10H2,1H3. The van der Waals surface area contributed by atoms with E-state index < -0.39 is 0 Å². The van der Waals surface area contributed by atoms with E-state index in [9.17, 15) is 4.79 Å². The smallest absolute Gasteiger partial charge is 0.307 e. The molecular weight excluding hydrogens is 272 g/mol. The number of methoxy groups -OCH3 is 1. The molecule has 2 unspecified atom stereocenters. The fraction of sp³-hybridized carbons (Fsp3) is 0.667. The largest absolute Gasteiger partial charge is 0.469 e. The van der Waals surface area contributed by atoms with Gasteiger partial charge in [-0.2, -0.15) is 0 Å². The van der Waals surface area contributed by atoms with E-state index >= 15 is 0 Å². The first-order valence-electron chi connectivity index (χ1n) is 7.36. The van der Waals surface area contributed by atoms with Crippen molar-refractivity contribution in [2.24, 2.45) is 0 Å². The molecule has 0 radical (unpaired) electrons. The van der Waals surface area contributed by atoms with Gasteiger partial charge in [0.2, 0.25) is 0 Å². The monoisotopic (exact) mass is 294 g/mol. The quantitative estimate of drug-likeness (QED) is 0.817. The lowest BCUT2D eigenvalue weighted by Gasteiger charge is -2.22. The molecule has 4 nitrogen and oxygen atoms in total. The molecule has 20 heavy (non-hydrogen) atoms. The van der Waals surface area contributed by atoms with Gasteiger partial charge in [-0.1, -0.05) is 6.07 Å². The lowest BCUT2D eigenvalue weighted by atomic mass is 10.1. The normalized spacial score (nSPS) is 24.8. The highest BCUT2D eigenvalue weighted by atomic mass is 32.1. The van der Waals surface area contributed by atoms with E-state index in [1.807, 2.05) is 6.07 Å². The predicted octanol–water partition coefficient (Wildman–Crippen LogP) is 2.18. The minimum Gasteiger partial charge on any atom is -0.469 e. The molecule has 110 valence electrons. The highest BCUT2D eigenvalue weighted by Crippen LogP contribution is 2.31. The van der Waals surface area contributed by atoms with Crippen LogP contribution in [-0.2, 0) is 9.53 Å². The van der Waals surface area contributed by atoms with Crippen LogP contribution < -0.4 is 5.32 Å². The van der Waals surface area contributed by atoms with Crippen molar-refractivity contribution in [2.45, 2.75) is 43.8 Å². The summed E-state index contributed by atoms with van der Waals surface area (Å²) >= 11 is 1.70. The molecule has 5 heteroatoms. The summed E-state index contributed by atoms with van der Waals surface area (Å²) in [6.45, 7) is 2.31. The van der Waals surface area contributed by atoms with E-state index in [1.54, 1.807) is 11.3 Å². The van der Waals surface area contributed by atoms with E-state index in [0.717, 1.165) is 12.6 Å². The molecule has 1 aromatic rings. The van der Waals surface area contributed by atoms with E-state index in [4.69, 9.17) is 4.74 Å². The van der Waals surface area contributed by atoms with Crippen LogP contribution in [0.3, 0.4) is 0 Å². The molecule has 0 amide bonds. The number of nitrogens with one attached hydrogen (secondary N) is 1. The van der Waals surface area contributed by atoms with E-state index in [0.29, 0.717) is 12.5 Å². The van der Waals surface area contributed by atoms with Gasteiger partial charge in [0, 0.05) is 30.1 Å². The maximum Gasteiger partial charge on any atom is 0.307 e. The van der Waals surface area contributed by atoms with Crippen molar-refractivity contribution in [1.29, 1.82) is 0 Å². The second kappa shape index (κ2) is 6.24. The van der Waals surface area contributed by atoms with Crippen LogP contribution in [0.5, 0.6) is 0 Å². The van der Waals surface area contributed by atoms with Gasteiger partial charge in [0.05, 0.1) is 19.6 Å². The van der Waals surface area contributed by atoms with E-state index in [1.165, 1.54) is 37.8 Å². The summed E-state index contributed by atoms with van der Waals surface area (Å²) in [7, 11) is 1.46. The first-order chi connectivity index (χ1) is 9.76. The van der Waals surface area contributed by atoms with Gasteiger partial charge < -0.3 is 10.1 Å². The van der Waals surface area contributed by atoms with Crippen molar-refractivity contribution >= 4 is 17.3 Å². The molecular formula is C15H22N2O2S. The zero-order chi connectivity index (χ0) is 13.9. The second-order valence-corrected chi connectivity index (χ2v) is 6.71. The number of rotatable bonds is 6. The maximum atomic E-state index is 11.6. The van der Waals surface area contributed by atoms with Crippen LogP contribution in [0.4, 0.5) is 0 Å². The van der Waals surface area contributed by atoms with Gasteiger partial charge in [0.15, 0.2) is 0 Å². The highest BCUT2D eigenvalue weighted by Gasteiger charge is 2.35. The van der Waals surface area contributed by atoms with Crippen molar-refractivity contribution in [3.8, 4) is 0 Å². The summed E-state index contributed by atoms with van der Waals surface area (Å²) in [5, 5.41) is 5.73. The van der Waals surface area contributed by atoms with Crippen molar-refractivity contribution in [3.63, 3.8) is 0 Å². The van der Waals surface area contributed by atoms with Crippen molar-refractivity contribution in [2.75, 3.05) is 20.2 Å². The molecule has 1 aromatic heterocycles. The van der Waals surface area contributed by atoms with Gasteiger partial charge >= 0.3 is 5.97 Å². The van der Waals surface area contributed by atoms with Gasteiger partial charge in [-0.3, -0.25) is 9.69 Å². The Hall–Kier alpha value is -0.910. The van der Waals surface area contributed by atoms with Crippen molar-refractivity contribution in [1.82, 2.24) is 10.2 Å². The number of nitrogens with zero attached hydrogens (tertiary/aromatic N) is 1. The van der Waals surface area contributed by atoms with E-state index in [-0.39, 0.29) is 12.0 Å². The molecule has 2 heterocycles. The number of hydrogen-bond acceptors (Lipinski definition) is 5. The Morgan fingerprint density at radius 3 is 3.05 bits per heavy atom. The number of likely N-dealkylation sites (tertiary alicyclic amines) is 1. The summed E-state index contributed by atoms with van der Waals surface area (Å²) in [4.78, 5) is 15.4. The first-order valence-corrected chi connectivity index (χ1v) is 8.24. The third kappa shape index (κ3) is 3.40. The lowest BCUT2D eigenvalue weighted by molar-refractivity contribution is -0.141. The molecule has 1 aliphatic carbocycles. The summed E-state index contributed by atoms with van der Waals surface area (Å²) in [6.07, 6.45) is 4.32. The van der Waals surface area contributed by atoms with Crippen molar-refractivity contribution in [3.05, 3.63) is 22.4 Å². The molecule has 0 aromatic carbocycles. The molecule has 2 atom stereocenters. The average molecular weight is 294 g/mol. The van der Waals surface area contributed by atoms with Gasteiger partial charge in [-0.25, -0.2) is 0 Å². The van der Waals surface area contributed by atoms with Crippen molar-refractivity contribution < 1.29 is 9.53 Å². The summed E-state index contributed by atoms with van der Waals surface area (Å²) in [5.74, 6) is -0.145. The number of thiophene rings is 1. The van der Waals surface area contributed by atoms with Gasteiger partial charge in [0.25, 0.3) is 0 Å². The Labute approximate surface area is 124 Å². The average Bonchev–Trinajstić information content (AvgIpc) is 2.98.